The number of aliphatic carboxylic acids is 1. The highest BCUT2D eigenvalue weighted by atomic mass is 35.5. The van der Waals surface area contributed by atoms with E-state index >= 15 is 0 Å². The Morgan fingerprint density at radius 3 is 2.80 bits per heavy atom. The molecule has 4 rings (SSSR count). The van der Waals surface area contributed by atoms with Crippen molar-refractivity contribution in [3.8, 4) is 28.6 Å². The second-order valence-electron chi connectivity index (χ2n) is 7.06. The van der Waals surface area contributed by atoms with Crippen molar-refractivity contribution in [2.75, 3.05) is 0 Å². The molecule has 0 unspecified atom stereocenters. The van der Waals surface area contributed by atoms with Gasteiger partial charge < -0.3 is 18.8 Å². The van der Waals surface area contributed by atoms with E-state index in [0.717, 1.165) is 16.5 Å². The lowest BCUT2D eigenvalue weighted by Gasteiger charge is -2.11. The molecular formula is C22H19ClN2O5. The van der Waals surface area contributed by atoms with Crippen LogP contribution in [0.5, 0.6) is 5.75 Å². The van der Waals surface area contributed by atoms with Crippen LogP contribution in [0.4, 0.5) is 0 Å². The molecule has 0 aliphatic heterocycles. The van der Waals surface area contributed by atoms with Gasteiger partial charge in [0.05, 0.1) is 17.4 Å². The second kappa shape index (κ2) is 8.20. The Kier molecular flexibility index (Phi) is 5.46. The summed E-state index contributed by atoms with van der Waals surface area (Å²) in [5, 5.41) is 14.3. The molecule has 154 valence electrons. The van der Waals surface area contributed by atoms with Crippen molar-refractivity contribution in [3.05, 3.63) is 53.2 Å². The molecule has 8 heteroatoms. The fourth-order valence-electron chi connectivity index (χ4n) is 3.19. The first kappa shape index (κ1) is 20.0. The minimum absolute atomic E-state index is 0.0131. The summed E-state index contributed by atoms with van der Waals surface area (Å²) in [6, 6.07) is 10.8. The first-order valence-electron chi connectivity index (χ1n) is 9.44. The highest BCUT2D eigenvalue weighted by molar-refractivity contribution is 6.32. The average Bonchev–Trinajstić information content (AvgIpc) is 3.37. The summed E-state index contributed by atoms with van der Waals surface area (Å²) in [7, 11) is 0. The van der Waals surface area contributed by atoms with Gasteiger partial charge in [-0.1, -0.05) is 22.8 Å². The maximum Gasteiger partial charge on any atom is 0.303 e. The Morgan fingerprint density at radius 2 is 2.07 bits per heavy atom. The van der Waals surface area contributed by atoms with Gasteiger partial charge >= 0.3 is 5.97 Å². The fourth-order valence-corrected chi connectivity index (χ4v) is 3.41. The summed E-state index contributed by atoms with van der Waals surface area (Å²) in [4.78, 5) is 15.4. The number of benzene rings is 2. The van der Waals surface area contributed by atoms with Crippen molar-refractivity contribution in [1.29, 1.82) is 0 Å². The molecule has 0 radical (unpaired) electrons. The zero-order valence-corrected chi connectivity index (χ0v) is 17.1. The molecule has 0 saturated carbocycles. The van der Waals surface area contributed by atoms with Crippen LogP contribution in [0.3, 0.4) is 0 Å². The molecule has 0 fully saturated rings. The molecular weight excluding hydrogens is 408 g/mol. The lowest BCUT2D eigenvalue weighted by Crippen LogP contribution is -2.05. The van der Waals surface area contributed by atoms with E-state index in [1.54, 1.807) is 24.5 Å². The number of aryl methyl sites for hydroxylation is 1. The number of halogens is 1. The number of carboxylic acid groups (broad SMARTS) is 1. The topological polar surface area (TPSA) is 98.6 Å². The van der Waals surface area contributed by atoms with Gasteiger partial charge in [-0.05, 0) is 56.2 Å². The Hall–Kier alpha value is -3.32. The third-order valence-electron chi connectivity index (χ3n) is 4.51. The monoisotopic (exact) mass is 426 g/mol. The Labute approximate surface area is 177 Å². The maximum absolute atomic E-state index is 10.9. The minimum atomic E-state index is -0.856. The highest BCUT2D eigenvalue weighted by Gasteiger charge is 2.17. The van der Waals surface area contributed by atoms with Crippen LogP contribution in [-0.4, -0.2) is 27.3 Å². The van der Waals surface area contributed by atoms with Crippen LogP contribution < -0.4 is 4.74 Å². The summed E-state index contributed by atoms with van der Waals surface area (Å²) >= 11 is 6.31. The van der Waals surface area contributed by atoms with Gasteiger partial charge in [0.25, 0.3) is 5.89 Å². The zero-order valence-electron chi connectivity index (χ0n) is 16.4. The van der Waals surface area contributed by atoms with E-state index in [2.05, 4.69) is 10.1 Å². The van der Waals surface area contributed by atoms with Crippen LogP contribution in [0.2, 0.25) is 5.02 Å². The molecule has 0 spiro atoms. The molecule has 0 atom stereocenters. The Balaban J connectivity index is 1.65. The summed E-state index contributed by atoms with van der Waals surface area (Å²) in [6.45, 7) is 3.86. The maximum atomic E-state index is 10.9. The molecule has 1 N–H and O–H groups in total. The van der Waals surface area contributed by atoms with Crippen molar-refractivity contribution in [2.45, 2.75) is 32.8 Å². The molecule has 30 heavy (non-hydrogen) atoms. The van der Waals surface area contributed by atoms with Gasteiger partial charge in [0, 0.05) is 22.9 Å². The number of hydrogen-bond acceptors (Lipinski definition) is 6. The standard InChI is InChI=1S/C22H19ClN2O5/c1-12(2)29-18-7-4-14(11-17(18)23)22-24-21(25-30-22)16-6-3-13(5-8-19(26)27)20-15(16)9-10-28-20/h3-4,6-7,9-12H,5,8H2,1-2H3,(H,26,27). The van der Waals surface area contributed by atoms with E-state index in [1.165, 1.54) is 0 Å². The second-order valence-corrected chi connectivity index (χ2v) is 7.47. The van der Waals surface area contributed by atoms with Crippen LogP contribution in [0, 0.1) is 0 Å². The Bertz CT molecular complexity index is 1210. The van der Waals surface area contributed by atoms with Crippen LogP contribution >= 0.6 is 11.6 Å². The summed E-state index contributed by atoms with van der Waals surface area (Å²) < 4.78 is 16.7. The van der Waals surface area contributed by atoms with Crippen LogP contribution in [0.25, 0.3) is 33.8 Å². The van der Waals surface area contributed by atoms with Gasteiger partial charge in [0.15, 0.2) is 0 Å². The van der Waals surface area contributed by atoms with E-state index in [1.807, 2.05) is 32.0 Å². The molecule has 2 aromatic heterocycles. The highest BCUT2D eigenvalue weighted by Crippen LogP contribution is 2.34. The van der Waals surface area contributed by atoms with E-state index in [4.69, 9.17) is 30.4 Å². The predicted octanol–water partition coefficient (Wildman–Crippen LogP) is 5.61. The minimum Gasteiger partial charge on any atom is -0.489 e. The largest absolute Gasteiger partial charge is 0.489 e. The third-order valence-corrected chi connectivity index (χ3v) is 4.81. The number of carboxylic acids is 1. The number of aromatic nitrogens is 2. The molecule has 2 heterocycles. The predicted molar refractivity (Wildman–Crippen MR) is 112 cm³/mol. The average molecular weight is 427 g/mol. The number of carbonyl (C=O) groups is 1. The van der Waals surface area contributed by atoms with E-state index in [9.17, 15) is 4.79 Å². The molecule has 0 saturated heterocycles. The fraction of sp³-hybridized carbons (Fsp3) is 0.227. The molecule has 0 bridgehead atoms. The quantitative estimate of drug-likeness (QED) is 0.410. The van der Waals surface area contributed by atoms with Crippen molar-refractivity contribution < 1.29 is 23.6 Å². The number of nitrogens with zero attached hydrogens (tertiary/aromatic N) is 2. The molecule has 0 amide bonds. The van der Waals surface area contributed by atoms with Crippen LogP contribution in [-0.2, 0) is 11.2 Å². The molecule has 2 aromatic carbocycles. The number of fused-ring (bicyclic) bond motifs is 1. The zero-order chi connectivity index (χ0) is 21.3. The van der Waals surface area contributed by atoms with E-state index in [0.29, 0.717) is 40.1 Å². The van der Waals surface area contributed by atoms with Gasteiger partial charge in [0.2, 0.25) is 5.82 Å². The first-order chi connectivity index (χ1) is 14.4. The molecule has 7 nitrogen and oxygen atoms in total. The van der Waals surface area contributed by atoms with Gasteiger partial charge in [-0.3, -0.25) is 4.79 Å². The third kappa shape index (κ3) is 4.02. The number of ether oxygens (including phenoxy) is 1. The lowest BCUT2D eigenvalue weighted by atomic mass is 10.0. The van der Waals surface area contributed by atoms with Crippen molar-refractivity contribution in [1.82, 2.24) is 10.1 Å². The van der Waals surface area contributed by atoms with Crippen LogP contribution in [0.15, 0.2) is 51.6 Å². The van der Waals surface area contributed by atoms with Gasteiger partial charge in [-0.2, -0.15) is 4.98 Å². The van der Waals surface area contributed by atoms with Gasteiger partial charge in [-0.25, -0.2) is 0 Å². The normalized spacial score (nSPS) is 11.3. The van der Waals surface area contributed by atoms with E-state index < -0.39 is 5.97 Å². The molecule has 0 aliphatic rings. The smallest absolute Gasteiger partial charge is 0.303 e. The van der Waals surface area contributed by atoms with Crippen molar-refractivity contribution >= 4 is 28.5 Å². The molecule has 4 aromatic rings. The Morgan fingerprint density at radius 1 is 1.23 bits per heavy atom. The summed E-state index contributed by atoms with van der Waals surface area (Å²) in [6.07, 6.45) is 1.98. The number of furan rings is 1. The first-order valence-corrected chi connectivity index (χ1v) is 9.81. The van der Waals surface area contributed by atoms with Crippen LogP contribution in [0.1, 0.15) is 25.8 Å². The van der Waals surface area contributed by atoms with Crippen molar-refractivity contribution in [3.63, 3.8) is 0 Å². The van der Waals surface area contributed by atoms with Crippen molar-refractivity contribution in [2.24, 2.45) is 0 Å². The SMILES string of the molecule is CC(C)Oc1ccc(-c2nc(-c3ccc(CCC(=O)O)c4occc34)no2)cc1Cl. The van der Waals surface area contributed by atoms with E-state index in [-0.39, 0.29) is 12.5 Å². The number of hydrogen-bond donors (Lipinski definition) is 1. The summed E-state index contributed by atoms with van der Waals surface area (Å²) in [5.74, 6) is 0.465. The number of rotatable bonds is 7. The lowest BCUT2D eigenvalue weighted by molar-refractivity contribution is -0.136. The van der Waals surface area contributed by atoms with Gasteiger partial charge in [0.1, 0.15) is 11.3 Å². The van der Waals surface area contributed by atoms with Gasteiger partial charge in [-0.15, -0.1) is 0 Å². The summed E-state index contributed by atoms with van der Waals surface area (Å²) in [5.41, 5.74) is 2.85. The molecule has 0 aliphatic carbocycles.